The van der Waals surface area contributed by atoms with Crippen molar-refractivity contribution in [3.8, 4) is 0 Å². The second-order valence-corrected chi connectivity index (χ2v) is 2.50. The summed E-state index contributed by atoms with van der Waals surface area (Å²) in [6, 6.07) is 0. The van der Waals surface area contributed by atoms with E-state index in [0.717, 1.165) is 0 Å². The van der Waals surface area contributed by atoms with Gasteiger partial charge in [0.15, 0.2) is 5.82 Å². The van der Waals surface area contributed by atoms with Crippen LogP contribution < -0.4 is 5.32 Å². The maximum atomic E-state index is 11.0. The first kappa shape index (κ1) is 10.1. The Labute approximate surface area is 78.7 Å². The van der Waals surface area contributed by atoms with Gasteiger partial charge in [0.2, 0.25) is 5.91 Å². The van der Waals surface area contributed by atoms with Crippen LogP contribution in [0.4, 0.5) is 0 Å². The average Bonchev–Trinajstić information content (AvgIpc) is 2.63. The number of aromatic nitrogens is 4. The molecular weight excluding hydrogens is 190 g/mol. The van der Waals surface area contributed by atoms with Gasteiger partial charge >= 0.3 is 5.97 Å². The van der Waals surface area contributed by atoms with Gasteiger partial charge in [0, 0.05) is 6.42 Å². The molecule has 0 bridgehead atoms. The molecule has 14 heavy (non-hydrogen) atoms. The molecule has 0 spiro atoms. The first-order chi connectivity index (χ1) is 6.68. The number of amides is 1. The van der Waals surface area contributed by atoms with Crippen molar-refractivity contribution in [2.45, 2.75) is 19.4 Å². The minimum absolute atomic E-state index is 0.0484. The third kappa shape index (κ3) is 3.61. The van der Waals surface area contributed by atoms with Crippen molar-refractivity contribution in [2.75, 3.05) is 0 Å². The molecule has 1 rings (SSSR count). The molecule has 76 valence electrons. The summed E-state index contributed by atoms with van der Waals surface area (Å²) in [4.78, 5) is 21.1. The fourth-order valence-corrected chi connectivity index (χ4v) is 0.744. The van der Waals surface area contributed by atoms with Crippen LogP contribution in [0, 0.1) is 0 Å². The highest BCUT2D eigenvalue weighted by Crippen LogP contribution is 1.89. The highest BCUT2D eigenvalue weighted by atomic mass is 16.4. The molecule has 8 nitrogen and oxygen atoms in total. The monoisotopic (exact) mass is 199 g/mol. The third-order valence-corrected chi connectivity index (χ3v) is 1.40. The van der Waals surface area contributed by atoms with E-state index in [-0.39, 0.29) is 25.3 Å². The smallest absolute Gasteiger partial charge is 0.303 e. The van der Waals surface area contributed by atoms with Gasteiger partial charge in [-0.2, -0.15) is 5.21 Å². The third-order valence-electron chi connectivity index (χ3n) is 1.40. The van der Waals surface area contributed by atoms with E-state index in [1.807, 2.05) is 0 Å². The predicted octanol–water partition coefficient (Wildman–Crippen LogP) is -1.32. The summed E-state index contributed by atoms with van der Waals surface area (Å²) in [6.45, 7) is 0.148. The van der Waals surface area contributed by atoms with Crippen molar-refractivity contribution in [1.82, 2.24) is 25.9 Å². The minimum atomic E-state index is -1.00. The van der Waals surface area contributed by atoms with E-state index < -0.39 is 5.97 Å². The molecule has 0 aliphatic carbocycles. The van der Waals surface area contributed by atoms with Gasteiger partial charge in [-0.1, -0.05) is 5.21 Å². The molecule has 0 aliphatic heterocycles. The van der Waals surface area contributed by atoms with E-state index in [2.05, 4.69) is 25.9 Å². The number of nitrogens with one attached hydrogen (secondary N) is 2. The van der Waals surface area contributed by atoms with Crippen LogP contribution in [0.1, 0.15) is 18.7 Å². The molecule has 0 aromatic carbocycles. The summed E-state index contributed by atoms with van der Waals surface area (Å²) in [5, 5.41) is 23.5. The number of H-pyrrole nitrogens is 1. The zero-order chi connectivity index (χ0) is 10.4. The number of carbonyl (C=O) groups is 2. The van der Waals surface area contributed by atoms with Crippen LogP contribution in [0.25, 0.3) is 0 Å². The number of tetrazole rings is 1. The molecule has 0 aliphatic rings. The van der Waals surface area contributed by atoms with Crippen LogP contribution in [0.3, 0.4) is 0 Å². The Balaban J connectivity index is 2.18. The summed E-state index contributed by atoms with van der Waals surface area (Å²) in [6.07, 6.45) is -0.231. The number of carboxylic acid groups (broad SMARTS) is 1. The van der Waals surface area contributed by atoms with Crippen molar-refractivity contribution in [3.05, 3.63) is 5.82 Å². The Morgan fingerprint density at radius 1 is 1.43 bits per heavy atom. The fourth-order valence-electron chi connectivity index (χ4n) is 0.744. The van der Waals surface area contributed by atoms with E-state index in [1.54, 1.807) is 0 Å². The average molecular weight is 199 g/mol. The number of nitrogens with zero attached hydrogens (tertiary/aromatic N) is 3. The molecule has 0 saturated heterocycles. The fraction of sp³-hybridized carbons (Fsp3) is 0.500. The van der Waals surface area contributed by atoms with Crippen LogP contribution in [-0.2, 0) is 16.1 Å². The number of hydrogen-bond donors (Lipinski definition) is 3. The SMILES string of the molecule is O=C(O)CCC(=O)NCc1nn[nH]n1. The van der Waals surface area contributed by atoms with Crippen molar-refractivity contribution >= 4 is 11.9 Å². The second-order valence-electron chi connectivity index (χ2n) is 2.50. The Bertz CT molecular complexity index is 309. The van der Waals surface area contributed by atoms with E-state index in [9.17, 15) is 9.59 Å². The van der Waals surface area contributed by atoms with Crippen LogP contribution in [0.5, 0.6) is 0 Å². The number of aromatic amines is 1. The number of carboxylic acids is 1. The lowest BCUT2D eigenvalue weighted by Gasteiger charge is -1.99. The molecule has 0 radical (unpaired) electrons. The molecule has 0 saturated carbocycles. The minimum Gasteiger partial charge on any atom is -0.481 e. The number of aliphatic carboxylic acids is 1. The van der Waals surface area contributed by atoms with Gasteiger partial charge in [-0.15, -0.1) is 10.2 Å². The van der Waals surface area contributed by atoms with Crippen LogP contribution in [0.15, 0.2) is 0 Å². The number of hydrogen-bond acceptors (Lipinski definition) is 5. The lowest BCUT2D eigenvalue weighted by atomic mass is 10.3. The normalized spacial score (nSPS) is 9.71. The molecule has 1 heterocycles. The van der Waals surface area contributed by atoms with Gasteiger partial charge in [-0.3, -0.25) is 9.59 Å². The topological polar surface area (TPSA) is 121 Å². The van der Waals surface area contributed by atoms with Crippen molar-refractivity contribution in [3.63, 3.8) is 0 Å². The Morgan fingerprint density at radius 3 is 2.79 bits per heavy atom. The van der Waals surface area contributed by atoms with Gasteiger partial charge in [-0.25, -0.2) is 0 Å². The zero-order valence-corrected chi connectivity index (χ0v) is 7.23. The molecular formula is C6H9N5O3. The molecule has 1 aromatic heterocycles. The molecule has 3 N–H and O–H groups in total. The summed E-state index contributed by atoms with van der Waals surface area (Å²) in [5.41, 5.74) is 0. The van der Waals surface area contributed by atoms with E-state index >= 15 is 0 Å². The number of rotatable bonds is 5. The maximum absolute atomic E-state index is 11.0. The van der Waals surface area contributed by atoms with E-state index in [4.69, 9.17) is 5.11 Å². The van der Waals surface area contributed by atoms with Gasteiger partial charge in [0.1, 0.15) is 0 Å². The Kier molecular flexibility index (Phi) is 3.53. The Hall–Kier alpha value is -1.99. The van der Waals surface area contributed by atoms with Gasteiger partial charge in [-0.05, 0) is 0 Å². The summed E-state index contributed by atoms with van der Waals surface area (Å²) >= 11 is 0. The summed E-state index contributed by atoms with van der Waals surface area (Å²) in [5.74, 6) is -0.995. The zero-order valence-electron chi connectivity index (χ0n) is 7.23. The van der Waals surface area contributed by atoms with Crippen molar-refractivity contribution in [2.24, 2.45) is 0 Å². The summed E-state index contributed by atoms with van der Waals surface area (Å²) < 4.78 is 0. The van der Waals surface area contributed by atoms with Crippen molar-refractivity contribution in [1.29, 1.82) is 0 Å². The predicted molar refractivity (Wildman–Crippen MR) is 42.9 cm³/mol. The quantitative estimate of drug-likeness (QED) is 0.540. The van der Waals surface area contributed by atoms with Crippen LogP contribution >= 0.6 is 0 Å². The second kappa shape index (κ2) is 4.90. The van der Waals surface area contributed by atoms with Crippen molar-refractivity contribution < 1.29 is 14.7 Å². The van der Waals surface area contributed by atoms with E-state index in [0.29, 0.717) is 5.82 Å². The molecule has 1 aromatic rings. The number of carbonyl (C=O) groups excluding carboxylic acids is 1. The first-order valence-electron chi connectivity index (χ1n) is 3.89. The van der Waals surface area contributed by atoms with Gasteiger partial charge in [0.25, 0.3) is 0 Å². The molecule has 0 atom stereocenters. The standard InChI is InChI=1S/C6H9N5O3/c12-5(1-2-6(13)14)7-3-4-8-10-11-9-4/h1-3H2,(H,7,12)(H,13,14)(H,8,9,10,11). The van der Waals surface area contributed by atoms with Gasteiger partial charge < -0.3 is 10.4 Å². The molecule has 0 unspecified atom stereocenters. The lowest BCUT2D eigenvalue weighted by Crippen LogP contribution is -2.23. The molecule has 0 fully saturated rings. The van der Waals surface area contributed by atoms with E-state index in [1.165, 1.54) is 0 Å². The van der Waals surface area contributed by atoms with Gasteiger partial charge in [0.05, 0.1) is 13.0 Å². The summed E-state index contributed by atoms with van der Waals surface area (Å²) in [7, 11) is 0. The highest BCUT2D eigenvalue weighted by molar-refractivity contribution is 5.80. The Morgan fingerprint density at radius 2 is 2.21 bits per heavy atom. The van der Waals surface area contributed by atoms with Crippen LogP contribution in [0.2, 0.25) is 0 Å². The highest BCUT2D eigenvalue weighted by Gasteiger charge is 2.05. The lowest BCUT2D eigenvalue weighted by molar-refractivity contribution is -0.138. The molecule has 1 amide bonds. The first-order valence-corrected chi connectivity index (χ1v) is 3.89. The molecule has 8 heteroatoms. The maximum Gasteiger partial charge on any atom is 0.303 e. The largest absolute Gasteiger partial charge is 0.481 e. The van der Waals surface area contributed by atoms with Crippen LogP contribution in [-0.4, -0.2) is 37.6 Å².